The molecular weight excluding hydrogens is 466 g/mol. The number of benzene rings is 2. The van der Waals surface area contributed by atoms with E-state index in [-0.39, 0.29) is 18.2 Å². The first-order chi connectivity index (χ1) is 16.3. The van der Waals surface area contributed by atoms with Crippen molar-refractivity contribution in [1.29, 1.82) is 0 Å². The number of aliphatic hydroxyl groups is 1. The monoisotopic (exact) mass is 492 g/mol. The zero-order chi connectivity index (χ0) is 24.1. The van der Waals surface area contributed by atoms with Crippen LogP contribution in [0.1, 0.15) is 30.7 Å². The van der Waals surface area contributed by atoms with Crippen LogP contribution in [0.15, 0.2) is 59.0 Å². The van der Waals surface area contributed by atoms with Crippen molar-refractivity contribution in [3.8, 4) is 11.5 Å². The van der Waals surface area contributed by atoms with E-state index in [1.54, 1.807) is 48.5 Å². The number of hydrogen-bond acceptors (Lipinski definition) is 7. The highest BCUT2D eigenvalue weighted by atomic mass is 32.2. The van der Waals surface area contributed by atoms with Crippen molar-refractivity contribution in [2.24, 2.45) is 0 Å². The molecule has 1 N–H and O–H groups in total. The summed E-state index contributed by atoms with van der Waals surface area (Å²) in [6.45, 7) is 1.68. The van der Waals surface area contributed by atoms with Crippen molar-refractivity contribution in [3.63, 3.8) is 0 Å². The molecule has 1 atom stereocenters. The fraction of sp³-hybridized carbons (Fsp3) is 0.391. The summed E-state index contributed by atoms with van der Waals surface area (Å²) in [4.78, 5) is 1.97. The topological polar surface area (TPSA) is 99.8 Å². The molecule has 3 aromatic rings. The van der Waals surface area contributed by atoms with Crippen LogP contribution in [-0.4, -0.2) is 60.1 Å². The molecule has 0 radical (unpaired) electrons. The molecule has 2 heterocycles. The van der Waals surface area contributed by atoms with E-state index in [1.165, 1.54) is 4.31 Å². The lowest BCUT2D eigenvalue weighted by atomic mass is 10.1. The molecule has 2 aromatic carbocycles. The minimum atomic E-state index is -3.67. The van der Waals surface area contributed by atoms with E-state index in [4.69, 9.17) is 4.42 Å². The molecule has 11 heteroatoms. The fourth-order valence-electron chi connectivity index (χ4n) is 3.89. The van der Waals surface area contributed by atoms with Crippen LogP contribution in [0.5, 0.6) is 0 Å². The lowest BCUT2D eigenvalue weighted by Crippen LogP contribution is -2.43. The first-order valence-electron chi connectivity index (χ1n) is 11.0. The number of nitrogens with zero attached hydrogens (tertiary/aromatic N) is 4. The lowest BCUT2D eigenvalue weighted by Gasteiger charge is -2.31. The van der Waals surface area contributed by atoms with E-state index in [2.05, 4.69) is 10.2 Å². The van der Waals surface area contributed by atoms with Gasteiger partial charge < -0.3 is 9.52 Å². The number of halogens is 2. The Bertz CT molecular complexity index is 1170. The number of aliphatic hydroxyl groups excluding tert-OH is 1. The Hall–Kier alpha value is -2.89. The van der Waals surface area contributed by atoms with Gasteiger partial charge >= 0.3 is 6.43 Å². The summed E-state index contributed by atoms with van der Waals surface area (Å²) in [7, 11) is -3.67. The molecule has 0 saturated carbocycles. The molecule has 0 spiro atoms. The van der Waals surface area contributed by atoms with E-state index >= 15 is 0 Å². The highest BCUT2D eigenvalue weighted by Crippen LogP contribution is 2.25. The van der Waals surface area contributed by atoms with Gasteiger partial charge in [0, 0.05) is 18.7 Å². The van der Waals surface area contributed by atoms with Crippen LogP contribution in [0.3, 0.4) is 0 Å². The van der Waals surface area contributed by atoms with Gasteiger partial charge in [0.2, 0.25) is 15.9 Å². The third-order valence-electron chi connectivity index (χ3n) is 5.68. The summed E-state index contributed by atoms with van der Waals surface area (Å²) < 4.78 is 58.4. The summed E-state index contributed by atoms with van der Waals surface area (Å²) in [6.07, 6.45) is -1.69. The molecule has 1 fully saturated rings. The molecule has 1 aliphatic rings. The second-order valence-corrected chi connectivity index (χ2v) is 10.2. The average Bonchev–Trinajstić information content (AvgIpc) is 3.33. The number of β-amino-alcohol motifs (C(OH)–C–C–N with tert-alkyl or cyclic N) is 1. The van der Waals surface area contributed by atoms with Gasteiger partial charge in [-0.05, 0) is 49.2 Å². The third-order valence-corrected chi connectivity index (χ3v) is 7.39. The first-order valence-corrected chi connectivity index (χ1v) is 12.6. The van der Waals surface area contributed by atoms with Gasteiger partial charge in [0.25, 0.3) is 5.89 Å². The number of hydrogen-bond donors (Lipinski definition) is 1. The number of rotatable bonds is 9. The summed E-state index contributed by atoms with van der Waals surface area (Å²) in [5.41, 5.74) is 1.71. The van der Waals surface area contributed by atoms with Crippen molar-refractivity contribution in [1.82, 2.24) is 15.1 Å². The van der Waals surface area contributed by atoms with Crippen LogP contribution in [0.2, 0.25) is 0 Å². The Morgan fingerprint density at radius 1 is 1.12 bits per heavy atom. The third kappa shape index (κ3) is 5.96. The molecule has 8 nitrogen and oxygen atoms in total. The van der Waals surface area contributed by atoms with Crippen molar-refractivity contribution in [2.45, 2.75) is 31.9 Å². The van der Waals surface area contributed by atoms with Gasteiger partial charge in [-0.25, -0.2) is 8.42 Å². The van der Waals surface area contributed by atoms with Crippen molar-refractivity contribution >= 4 is 15.7 Å². The molecule has 1 saturated heterocycles. The molecule has 1 unspecified atom stereocenters. The second kappa shape index (κ2) is 10.6. The number of anilines is 1. The predicted molar refractivity (Wildman–Crippen MR) is 123 cm³/mol. The van der Waals surface area contributed by atoms with Gasteiger partial charge in [-0.3, -0.25) is 9.21 Å². The van der Waals surface area contributed by atoms with E-state index in [9.17, 15) is 22.3 Å². The highest BCUT2D eigenvalue weighted by Gasteiger charge is 2.26. The van der Waals surface area contributed by atoms with E-state index in [1.807, 2.05) is 11.0 Å². The summed E-state index contributed by atoms with van der Waals surface area (Å²) >= 11 is 0. The Morgan fingerprint density at radius 2 is 1.85 bits per heavy atom. The predicted octanol–water partition coefficient (Wildman–Crippen LogP) is 3.47. The van der Waals surface area contributed by atoms with Gasteiger partial charge in [-0.1, -0.05) is 30.3 Å². The van der Waals surface area contributed by atoms with Crippen LogP contribution >= 0.6 is 0 Å². The van der Waals surface area contributed by atoms with Gasteiger partial charge in [0.1, 0.15) is 0 Å². The van der Waals surface area contributed by atoms with Crippen LogP contribution in [0.25, 0.3) is 11.5 Å². The average molecular weight is 493 g/mol. The van der Waals surface area contributed by atoms with Crippen LogP contribution < -0.4 is 4.31 Å². The number of para-hydroxylation sites is 1. The zero-order valence-electron chi connectivity index (χ0n) is 18.4. The normalized spacial score (nSPS) is 17.2. The molecule has 0 bridgehead atoms. The molecule has 0 aliphatic carbocycles. The molecule has 0 amide bonds. The van der Waals surface area contributed by atoms with Crippen molar-refractivity contribution in [3.05, 3.63) is 66.1 Å². The van der Waals surface area contributed by atoms with Gasteiger partial charge in [-0.2, -0.15) is 8.78 Å². The second-order valence-electron chi connectivity index (χ2n) is 8.20. The Kier molecular flexibility index (Phi) is 7.54. The zero-order valence-corrected chi connectivity index (χ0v) is 19.2. The molecule has 182 valence electrons. The molecule has 4 rings (SSSR count). The van der Waals surface area contributed by atoms with Crippen LogP contribution in [0.4, 0.5) is 14.5 Å². The summed E-state index contributed by atoms with van der Waals surface area (Å²) in [5, 5.41) is 16.8. The van der Waals surface area contributed by atoms with Crippen molar-refractivity contribution in [2.75, 3.05) is 29.7 Å². The Labute approximate surface area is 196 Å². The SMILES string of the molecule is O=S(=O)(CCN1CCCC(O)C1)N(Cc1ccc(-c2nnc(C(F)F)o2)cc1)c1ccccc1. The first kappa shape index (κ1) is 24.2. The molecule has 1 aliphatic heterocycles. The smallest absolute Gasteiger partial charge is 0.314 e. The molecule has 34 heavy (non-hydrogen) atoms. The van der Waals surface area contributed by atoms with E-state index in [0.717, 1.165) is 19.4 Å². The van der Waals surface area contributed by atoms with Gasteiger partial charge in [-0.15, -0.1) is 10.2 Å². The molecule has 1 aromatic heterocycles. The van der Waals surface area contributed by atoms with Gasteiger partial charge in [0.15, 0.2) is 0 Å². The van der Waals surface area contributed by atoms with Gasteiger partial charge in [0.05, 0.1) is 24.1 Å². The summed E-state index contributed by atoms with van der Waals surface area (Å²) in [5.74, 6) is -0.856. The molecular formula is C23H26F2N4O4S. The number of likely N-dealkylation sites (tertiary alicyclic amines) is 1. The standard InChI is InChI=1S/C23H26F2N4O4S/c24-21(25)23-27-26-22(33-23)18-10-8-17(9-11-18)15-29(19-5-2-1-3-6-19)34(31,32)14-13-28-12-4-7-20(30)16-28/h1-3,5-6,8-11,20-21,30H,4,7,12-16H2. The summed E-state index contributed by atoms with van der Waals surface area (Å²) in [6, 6.07) is 15.5. The number of aromatic nitrogens is 2. The van der Waals surface area contributed by atoms with E-state index < -0.39 is 28.4 Å². The van der Waals surface area contributed by atoms with Crippen LogP contribution in [-0.2, 0) is 16.6 Å². The number of piperidine rings is 1. The maximum atomic E-state index is 13.3. The lowest BCUT2D eigenvalue weighted by molar-refractivity contribution is 0.0740. The van der Waals surface area contributed by atoms with Crippen LogP contribution in [0, 0.1) is 0 Å². The van der Waals surface area contributed by atoms with Crippen molar-refractivity contribution < 1.29 is 26.7 Å². The highest BCUT2D eigenvalue weighted by molar-refractivity contribution is 7.92. The Morgan fingerprint density at radius 3 is 2.50 bits per heavy atom. The Balaban J connectivity index is 1.51. The quantitative estimate of drug-likeness (QED) is 0.488. The van der Waals surface area contributed by atoms with E-state index in [0.29, 0.717) is 29.9 Å². The largest absolute Gasteiger partial charge is 0.415 e. The minimum absolute atomic E-state index is 0.0295. The maximum absolute atomic E-state index is 13.3. The number of sulfonamides is 1. The fourth-order valence-corrected chi connectivity index (χ4v) is 5.39. The maximum Gasteiger partial charge on any atom is 0.314 e. The number of alkyl halides is 2. The minimum Gasteiger partial charge on any atom is -0.415 e.